The van der Waals surface area contributed by atoms with Gasteiger partial charge in [0.2, 0.25) is 15.9 Å². The normalized spacial score (nSPS) is 14.6. The van der Waals surface area contributed by atoms with E-state index in [9.17, 15) is 18.0 Å². The molecule has 3 rings (SSSR count). The van der Waals surface area contributed by atoms with Gasteiger partial charge in [0.15, 0.2) is 5.78 Å². The lowest BCUT2D eigenvalue weighted by molar-refractivity contribution is -0.121. The van der Waals surface area contributed by atoms with Gasteiger partial charge in [0.25, 0.3) is 0 Å². The first kappa shape index (κ1) is 22.2. The minimum Gasteiger partial charge on any atom is -0.350 e. The Morgan fingerprint density at radius 1 is 1.03 bits per heavy atom. The Labute approximate surface area is 178 Å². The van der Waals surface area contributed by atoms with Crippen molar-refractivity contribution in [3.8, 4) is 0 Å². The van der Waals surface area contributed by atoms with E-state index in [1.54, 1.807) is 6.07 Å². The predicted octanol–water partition coefficient (Wildman–Crippen LogP) is 3.31. The van der Waals surface area contributed by atoms with E-state index >= 15 is 0 Å². The fraction of sp³-hybridized carbons (Fsp3) is 0.391. The van der Waals surface area contributed by atoms with Gasteiger partial charge in [-0.1, -0.05) is 30.3 Å². The number of benzene rings is 2. The third-order valence-corrected chi connectivity index (χ3v) is 6.90. The molecule has 1 unspecified atom stereocenters. The summed E-state index contributed by atoms with van der Waals surface area (Å²) in [7, 11) is -3.79. The molecule has 0 aliphatic heterocycles. The summed E-state index contributed by atoms with van der Waals surface area (Å²) >= 11 is 0. The number of Topliss-reactive ketones (excluding diaryl/α,β-unsaturated/α-hetero) is 1. The number of carbonyl (C=O) groups excluding carboxylic acids is 2. The number of aryl methyl sites for hydroxylation is 2. The van der Waals surface area contributed by atoms with Gasteiger partial charge < -0.3 is 5.32 Å². The van der Waals surface area contributed by atoms with Crippen molar-refractivity contribution < 1.29 is 18.0 Å². The first-order valence-corrected chi connectivity index (χ1v) is 11.8. The molecule has 1 aliphatic carbocycles. The van der Waals surface area contributed by atoms with Crippen LogP contribution in [0, 0.1) is 0 Å². The molecular formula is C23H28N2O4S. The summed E-state index contributed by atoms with van der Waals surface area (Å²) in [4.78, 5) is 23.8. The van der Waals surface area contributed by atoms with Crippen LogP contribution in [0.25, 0.3) is 0 Å². The van der Waals surface area contributed by atoms with Crippen molar-refractivity contribution in [3.05, 3.63) is 64.7 Å². The number of hydrogen-bond acceptors (Lipinski definition) is 4. The first-order chi connectivity index (χ1) is 14.3. The summed E-state index contributed by atoms with van der Waals surface area (Å²) in [5.41, 5.74) is 4.15. The van der Waals surface area contributed by atoms with Crippen molar-refractivity contribution in [2.24, 2.45) is 0 Å². The third-order valence-electron chi connectivity index (χ3n) is 5.45. The van der Waals surface area contributed by atoms with Gasteiger partial charge in [-0.2, -0.15) is 0 Å². The van der Waals surface area contributed by atoms with Gasteiger partial charge in [0.05, 0.1) is 10.9 Å². The van der Waals surface area contributed by atoms with Gasteiger partial charge in [-0.25, -0.2) is 13.1 Å². The second-order valence-corrected chi connectivity index (χ2v) is 9.52. The number of amides is 1. The molecule has 0 fully saturated rings. The van der Waals surface area contributed by atoms with Crippen LogP contribution in [0.15, 0.2) is 47.4 Å². The van der Waals surface area contributed by atoms with Crippen molar-refractivity contribution in [3.63, 3.8) is 0 Å². The first-order valence-electron chi connectivity index (χ1n) is 10.3. The Kier molecular flexibility index (Phi) is 7.05. The Bertz CT molecular complexity index is 1050. The lowest BCUT2D eigenvalue weighted by atomic mass is 9.89. The van der Waals surface area contributed by atoms with Crippen LogP contribution >= 0.6 is 0 Å². The average molecular weight is 429 g/mol. The number of carbonyl (C=O) groups is 2. The second-order valence-electron chi connectivity index (χ2n) is 7.76. The zero-order valence-electron chi connectivity index (χ0n) is 17.4. The summed E-state index contributed by atoms with van der Waals surface area (Å²) in [6.07, 6.45) is 4.66. The molecule has 1 aliphatic rings. The highest BCUT2D eigenvalue weighted by Gasteiger charge is 2.17. The minimum atomic E-state index is -3.79. The predicted molar refractivity (Wildman–Crippen MR) is 116 cm³/mol. The standard InChI is InChI=1S/C23H28N2O4S/c1-16(19-11-10-18-6-3-4-7-21(18)14-19)25-23(27)12-13-24-30(28,29)22-9-5-8-20(15-22)17(2)26/h5,8-11,14-16,24H,3-4,6-7,12-13H2,1-2H3,(H,25,27). The molecule has 0 spiro atoms. The summed E-state index contributed by atoms with van der Waals surface area (Å²) in [6.45, 7) is 3.29. The lowest BCUT2D eigenvalue weighted by Gasteiger charge is -2.20. The van der Waals surface area contributed by atoms with Gasteiger partial charge in [0.1, 0.15) is 0 Å². The molecule has 2 N–H and O–H groups in total. The van der Waals surface area contributed by atoms with Crippen LogP contribution in [0.3, 0.4) is 0 Å². The summed E-state index contributed by atoms with van der Waals surface area (Å²) in [6, 6.07) is 12.1. The van der Waals surface area contributed by atoms with E-state index in [1.807, 2.05) is 6.92 Å². The molecule has 2 aromatic carbocycles. The topological polar surface area (TPSA) is 92.3 Å². The third kappa shape index (κ3) is 5.55. The molecule has 7 heteroatoms. The summed E-state index contributed by atoms with van der Waals surface area (Å²) in [5.74, 6) is -0.428. The van der Waals surface area contributed by atoms with E-state index in [1.165, 1.54) is 49.1 Å². The van der Waals surface area contributed by atoms with Crippen molar-refractivity contribution in [2.75, 3.05) is 6.54 Å². The van der Waals surface area contributed by atoms with Crippen LogP contribution in [-0.2, 0) is 27.7 Å². The molecule has 0 saturated carbocycles. The van der Waals surface area contributed by atoms with Crippen molar-refractivity contribution in [1.29, 1.82) is 0 Å². The molecule has 0 saturated heterocycles. The highest BCUT2D eigenvalue weighted by atomic mass is 32.2. The largest absolute Gasteiger partial charge is 0.350 e. The number of ketones is 1. The van der Waals surface area contributed by atoms with Gasteiger partial charge in [-0.15, -0.1) is 0 Å². The van der Waals surface area contributed by atoms with E-state index in [2.05, 4.69) is 28.2 Å². The fourth-order valence-corrected chi connectivity index (χ4v) is 4.76. The van der Waals surface area contributed by atoms with E-state index < -0.39 is 10.0 Å². The van der Waals surface area contributed by atoms with Crippen LogP contribution in [0.1, 0.15) is 66.2 Å². The Morgan fingerprint density at radius 2 is 1.77 bits per heavy atom. The Morgan fingerprint density at radius 3 is 2.50 bits per heavy atom. The molecule has 160 valence electrons. The number of sulfonamides is 1. The number of fused-ring (bicyclic) bond motifs is 1. The van der Waals surface area contributed by atoms with Gasteiger partial charge in [0, 0.05) is 18.5 Å². The monoisotopic (exact) mass is 428 g/mol. The number of rotatable bonds is 8. The van der Waals surface area contributed by atoms with Crippen molar-refractivity contribution >= 4 is 21.7 Å². The van der Waals surface area contributed by atoms with Crippen molar-refractivity contribution in [2.45, 2.75) is 56.9 Å². The highest BCUT2D eigenvalue weighted by molar-refractivity contribution is 7.89. The molecule has 0 radical (unpaired) electrons. The number of nitrogens with one attached hydrogen (secondary N) is 2. The summed E-state index contributed by atoms with van der Waals surface area (Å²) in [5, 5.41) is 2.93. The van der Waals surface area contributed by atoms with Crippen LogP contribution in [0.2, 0.25) is 0 Å². The maximum absolute atomic E-state index is 12.4. The Balaban J connectivity index is 1.53. The minimum absolute atomic E-state index is 0.0121. The van der Waals surface area contributed by atoms with Crippen LogP contribution in [-0.4, -0.2) is 26.7 Å². The van der Waals surface area contributed by atoms with E-state index in [0.29, 0.717) is 5.56 Å². The molecule has 1 amide bonds. The molecule has 0 aromatic heterocycles. The Hall–Kier alpha value is -2.51. The quantitative estimate of drug-likeness (QED) is 0.631. The molecule has 6 nitrogen and oxygen atoms in total. The van der Waals surface area contributed by atoms with Gasteiger partial charge >= 0.3 is 0 Å². The summed E-state index contributed by atoms with van der Waals surface area (Å²) < 4.78 is 27.3. The number of hydrogen-bond donors (Lipinski definition) is 2. The zero-order chi connectivity index (χ0) is 21.7. The van der Waals surface area contributed by atoms with E-state index in [4.69, 9.17) is 0 Å². The maximum Gasteiger partial charge on any atom is 0.240 e. The van der Waals surface area contributed by atoms with E-state index in [-0.39, 0.29) is 35.6 Å². The van der Waals surface area contributed by atoms with Crippen molar-refractivity contribution in [1.82, 2.24) is 10.0 Å². The molecule has 0 heterocycles. The highest BCUT2D eigenvalue weighted by Crippen LogP contribution is 2.24. The van der Waals surface area contributed by atoms with Gasteiger partial charge in [-0.3, -0.25) is 9.59 Å². The smallest absolute Gasteiger partial charge is 0.240 e. The SMILES string of the molecule is CC(=O)c1cccc(S(=O)(=O)NCCC(=O)NC(C)c2ccc3c(c2)CCCC3)c1. The molecule has 2 aromatic rings. The van der Waals surface area contributed by atoms with E-state index in [0.717, 1.165) is 18.4 Å². The maximum atomic E-state index is 12.4. The lowest BCUT2D eigenvalue weighted by Crippen LogP contribution is -2.32. The molecule has 0 bridgehead atoms. The molecular weight excluding hydrogens is 400 g/mol. The molecule has 1 atom stereocenters. The average Bonchev–Trinajstić information content (AvgIpc) is 2.73. The van der Waals surface area contributed by atoms with Crippen LogP contribution < -0.4 is 10.0 Å². The van der Waals surface area contributed by atoms with Crippen LogP contribution in [0.5, 0.6) is 0 Å². The van der Waals surface area contributed by atoms with Gasteiger partial charge in [-0.05, 0) is 68.4 Å². The second kappa shape index (κ2) is 9.53. The van der Waals surface area contributed by atoms with Crippen LogP contribution in [0.4, 0.5) is 0 Å². The molecule has 30 heavy (non-hydrogen) atoms. The fourth-order valence-electron chi connectivity index (χ4n) is 3.68. The zero-order valence-corrected chi connectivity index (χ0v) is 18.2.